The van der Waals surface area contributed by atoms with Crippen LogP contribution < -0.4 is 5.32 Å². The van der Waals surface area contributed by atoms with E-state index in [0.29, 0.717) is 18.6 Å². The van der Waals surface area contributed by atoms with Crippen LogP contribution in [0.4, 0.5) is 0 Å². The summed E-state index contributed by atoms with van der Waals surface area (Å²) in [7, 11) is 0. The molecule has 1 saturated carbocycles. The lowest BCUT2D eigenvalue weighted by Crippen LogP contribution is -2.20. The van der Waals surface area contributed by atoms with Crippen molar-refractivity contribution in [1.29, 1.82) is 0 Å². The molecule has 1 aromatic heterocycles. The SMILES string of the molecule is CC(C)CNCc1coc(COC2CCC(C)CC2)c1. The second-order valence-electron chi connectivity index (χ2n) is 6.64. The Hall–Kier alpha value is -0.800. The molecule has 1 N–H and O–H groups in total. The minimum absolute atomic E-state index is 0.429. The molecule has 0 unspecified atom stereocenters. The summed E-state index contributed by atoms with van der Waals surface area (Å²) in [5.41, 5.74) is 1.21. The first-order valence-electron chi connectivity index (χ1n) is 8.02. The first-order valence-corrected chi connectivity index (χ1v) is 8.02. The van der Waals surface area contributed by atoms with Crippen molar-refractivity contribution < 1.29 is 9.15 Å². The summed E-state index contributed by atoms with van der Waals surface area (Å²) in [6.07, 6.45) is 7.27. The van der Waals surface area contributed by atoms with Crippen molar-refractivity contribution in [3.8, 4) is 0 Å². The van der Waals surface area contributed by atoms with Crippen molar-refractivity contribution in [2.24, 2.45) is 11.8 Å². The minimum atomic E-state index is 0.429. The normalized spacial score (nSPS) is 23.4. The van der Waals surface area contributed by atoms with E-state index in [2.05, 4.69) is 32.2 Å². The number of hydrogen-bond donors (Lipinski definition) is 1. The van der Waals surface area contributed by atoms with Gasteiger partial charge in [-0.25, -0.2) is 0 Å². The highest BCUT2D eigenvalue weighted by atomic mass is 16.5. The molecular formula is C17H29NO2. The lowest BCUT2D eigenvalue weighted by Gasteiger charge is -2.25. The van der Waals surface area contributed by atoms with Crippen molar-refractivity contribution in [2.75, 3.05) is 6.54 Å². The third kappa shape index (κ3) is 5.29. The van der Waals surface area contributed by atoms with Gasteiger partial charge in [-0.1, -0.05) is 20.8 Å². The van der Waals surface area contributed by atoms with E-state index < -0.39 is 0 Å². The van der Waals surface area contributed by atoms with Crippen LogP contribution in [0.3, 0.4) is 0 Å². The monoisotopic (exact) mass is 279 g/mol. The van der Waals surface area contributed by atoms with E-state index in [1.54, 1.807) is 0 Å². The summed E-state index contributed by atoms with van der Waals surface area (Å²) in [6, 6.07) is 2.11. The van der Waals surface area contributed by atoms with E-state index >= 15 is 0 Å². The Morgan fingerprint density at radius 3 is 2.75 bits per heavy atom. The zero-order valence-corrected chi connectivity index (χ0v) is 13.2. The maximum Gasteiger partial charge on any atom is 0.129 e. The lowest BCUT2D eigenvalue weighted by atomic mass is 9.89. The van der Waals surface area contributed by atoms with Gasteiger partial charge in [0.2, 0.25) is 0 Å². The molecule has 20 heavy (non-hydrogen) atoms. The Bertz CT molecular complexity index is 378. The predicted molar refractivity (Wildman–Crippen MR) is 81.5 cm³/mol. The van der Waals surface area contributed by atoms with Gasteiger partial charge in [-0.3, -0.25) is 0 Å². The average Bonchev–Trinajstić information content (AvgIpc) is 2.86. The van der Waals surface area contributed by atoms with E-state index in [-0.39, 0.29) is 0 Å². The van der Waals surface area contributed by atoms with Gasteiger partial charge < -0.3 is 14.5 Å². The number of rotatable bonds is 7. The molecule has 0 aliphatic heterocycles. The molecule has 0 radical (unpaired) electrons. The second kappa shape index (κ2) is 7.84. The predicted octanol–water partition coefficient (Wildman–Crippen LogP) is 4.12. The van der Waals surface area contributed by atoms with Crippen LogP contribution in [-0.2, 0) is 17.9 Å². The third-order valence-electron chi connectivity index (χ3n) is 4.01. The Morgan fingerprint density at radius 1 is 1.30 bits per heavy atom. The molecule has 2 rings (SSSR count). The molecule has 1 aliphatic rings. The van der Waals surface area contributed by atoms with E-state index in [0.717, 1.165) is 24.8 Å². The molecule has 114 valence electrons. The zero-order chi connectivity index (χ0) is 14.4. The second-order valence-corrected chi connectivity index (χ2v) is 6.64. The van der Waals surface area contributed by atoms with Gasteiger partial charge in [0.1, 0.15) is 12.4 Å². The number of nitrogens with one attached hydrogen (secondary N) is 1. The molecule has 0 aromatic carbocycles. The zero-order valence-electron chi connectivity index (χ0n) is 13.2. The van der Waals surface area contributed by atoms with Crippen molar-refractivity contribution in [2.45, 2.75) is 65.7 Å². The fourth-order valence-electron chi connectivity index (χ4n) is 2.70. The van der Waals surface area contributed by atoms with Gasteiger partial charge in [0.05, 0.1) is 12.4 Å². The van der Waals surface area contributed by atoms with Crippen molar-refractivity contribution in [3.63, 3.8) is 0 Å². The maximum atomic E-state index is 5.96. The van der Waals surface area contributed by atoms with Crippen LogP contribution in [0, 0.1) is 11.8 Å². The van der Waals surface area contributed by atoms with Crippen LogP contribution in [0.2, 0.25) is 0 Å². The van der Waals surface area contributed by atoms with Crippen LogP contribution in [0.1, 0.15) is 57.8 Å². The molecule has 0 atom stereocenters. The standard InChI is InChI=1S/C17H29NO2/c1-13(2)9-18-10-15-8-17(19-11-15)12-20-16-6-4-14(3)5-7-16/h8,11,13-14,16,18H,4-7,9-10,12H2,1-3H3. The van der Waals surface area contributed by atoms with Crippen molar-refractivity contribution >= 4 is 0 Å². The van der Waals surface area contributed by atoms with Crippen LogP contribution >= 0.6 is 0 Å². The minimum Gasteiger partial charge on any atom is -0.467 e. The van der Waals surface area contributed by atoms with Gasteiger partial charge in [0.15, 0.2) is 0 Å². The Morgan fingerprint density at radius 2 is 2.05 bits per heavy atom. The lowest BCUT2D eigenvalue weighted by molar-refractivity contribution is 0.00127. The van der Waals surface area contributed by atoms with Gasteiger partial charge in [-0.2, -0.15) is 0 Å². The summed E-state index contributed by atoms with van der Waals surface area (Å²) < 4.78 is 11.5. The van der Waals surface area contributed by atoms with Gasteiger partial charge in [-0.15, -0.1) is 0 Å². The molecule has 1 aromatic rings. The summed E-state index contributed by atoms with van der Waals surface area (Å²) in [5, 5.41) is 3.42. The molecule has 1 fully saturated rings. The molecule has 3 nitrogen and oxygen atoms in total. The topological polar surface area (TPSA) is 34.4 Å². The Kier molecular flexibility index (Phi) is 6.11. The summed E-state index contributed by atoms with van der Waals surface area (Å²) in [6.45, 7) is 9.29. The summed E-state index contributed by atoms with van der Waals surface area (Å²) in [4.78, 5) is 0. The number of hydrogen-bond acceptors (Lipinski definition) is 3. The molecule has 0 spiro atoms. The van der Waals surface area contributed by atoms with Crippen molar-refractivity contribution in [1.82, 2.24) is 5.32 Å². The van der Waals surface area contributed by atoms with E-state index in [1.165, 1.54) is 31.2 Å². The van der Waals surface area contributed by atoms with Crippen molar-refractivity contribution in [3.05, 3.63) is 23.7 Å². The fourth-order valence-corrected chi connectivity index (χ4v) is 2.70. The van der Waals surface area contributed by atoms with E-state index in [4.69, 9.17) is 9.15 Å². The first-order chi connectivity index (χ1) is 9.63. The molecule has 1 aliphatic carbocycles. The van der Waals surface area contributed by atoms with Gasteiger partial charge >= 0.3 is 0 Å². The number of furan rings is 1. The first kappa shape index (κ1) is 15.6. The van der Waals surface area contributed by atoms with Crippen LogP contribution in [-0.4, -0.2) is 12.6 Å². The highest BCUT2D eigenvalue weighted by molar-refractivity contribution is 5.12. The maximum absolute atomic E-state index is 5.96. The van der Waals surface area contributed by atoms with Gasteiger partial charge in [0.25, 0.3) is 0 Å². The highest BCUT2D eigenvalue weighted by Gasteiger charge is 2.18. The molecule has 0 bridgehead atoms. The summed E-state index contributed by atoms with van der Waals surface area (Å²) in [5.74, 6) is 2.50. The van der Waals surface area contributed by atoms with E-state index in [1.807, 2.05) is 6.26 Å². The van der Waals surface area contributed by atoms with Crippen LogP contribution in [0.5, 0.6) is 0 Å². The average molecular weight is 279 g/mol. The third-order valence-corrected chi connectivity index (χ3v) is 4.01. The molecule has 3 heteroatoms. The largest absolute Gasteiger partial charge is 0.467 e. The smallest absolute Gasteiger partial charge is 0.129 e. The van der Waals surface area contributed by atoms with Gasteiger partial charge in [-0.05, 0) is 50.1 Å². The molecular weight excluding hydrogens is 250 g/mol. The Balaban J connectivity index is 1.67. The quantitative estimate of drug-likeness (QED) is 0.815. The fraction of sp³-hybridized carbons (Fsp3) is 0.765. The summed E-state index contributed by atoms with van der Waals surface area (Å²) >= 11 is 0. The van der Waals surface area contributed by atoms with Crippen LogP contribution in [0.15, 0.2) is 16.7 Å². The molecule has 0 amide bonds. The highest BCUT2D eigenvalue weighted by Crippen LogP contribution is 2.26. The number of ether oxygens (including phenoxy) is 1. The van der Waals surface area contributed by atoms with Gasteiger partial charge in [0, 0.05) is 12.1 Å². The van der Waals surface area contributed by atoms with E-state index in [9.17, 15) is 0 Å². The van der Waals surface area contributed by atoms with Crippen LogP contribution in [0.25, 0.3) is 0 Å². The molecule has 1 heterocycles. The molecule has 0 saturated heterocycles. The Labute approximate surface area is 123 Å².